The Labute approximate surface area is 144 Å². The molecule has 0 bridgehead atoms. The van der Waals surface area contributed by atoms with Crippen molar-refractivity contribution in [3.8, 4) is 11.1 Å². The van der Waals surface area contributed by atoms with Gasteiger partial charge in [0.15, 0.2) is 0 Å². The monoisotopic (exact) mass is 338 g/mol. The first-order valence-corrected chi connectivity index (χ1v) is 8.93. The highest BCUT2D eigenvalue weighted by Crippen LogP contribution is 2.37. The first-order chi connectivity index (χ1) is 11.7. The van der Waals surface area contributed by atoms with Crippen molar-refractivity contribution in [1.29, 1.82) is 0 Å². The van der Waals surface area contributed by atoms with Gasteiger partial charge in [-0.3, -0.25) is 4.79 Å². The van der Waals surface area contributed by atoms with E-state index in [9.17, 15) is 4.79 Å². The maximum Gasteiger partial charge on any atom is 0.220 e. The lowest BCUT2D eigenvalue weighted by atomic mass is 10.0. The number of rotatable bonds is 3. The fourth-order valence-corrected chi connectivity index (χ4v) is 4.03. The maximum atomic E-state index is 11.4. The molecule has 0 spiro atoms. The molecule has 4 rings (SSSR count). The molecule has 1 aromatic carbocycles. The zero-order chi connectivity index (χ0) is 16.5. The lowest BCUT2D eigenvalue weighted by Crippen LogP contribution is -2.42. The molecule has 3 heterocycles. The molecule has 122 valence electrons. The van der Waals surface area contributed by atoms with Gasteiger partial charge in [0.25, 0.3) is 0 Å². The molecule has 0 radical (unpaired) electrons. The molecule has 0 aliphatic carbocycles. The number of carbonyl (C=O) groups excluding carboxylic acids is 1. The van der Waals surface area contributed by atoms with E-state index in [1.807, 2.05) is 25.1 Å². The SMILES string of the molecule is Cc1nc(NC2CCC(=O)NC2)c2c(-c3ccccc3)csc2n1. The smallest absolute Gasteiger partial charge is 0.220 e. The van der Waals surface area contributed by atoms with Gasteiger partial charge in [-0.1, -0.05) is 30.3 Å². The summed E-state index contributed by atoms with van der Waals surface area (Å²) in [6.07, 6.45) is 1.38. The summed E-state index contributed by atoms with van der Waals surface area (Å²) in [6.45, 7) is 2.55. The van der Waals surface area contributed by atoms with Gasteiger partial charge in [0.2, 0.25) is 5.91 Å². The fraction of sp³-hybridized carbons (Fsp3) is 0.278. The van der Waals surface area contributed by atoms with E-state index in [-0.39, 0.29) is 11.9 Å². The molecule has 6 heteroatoms. The van der Waals surface area contributed by atoms with E-state index in [1.54, 1.807) is 11.3 Å². The second-order valence-corrected chi connectivity index (χ2v) is 6.86. The van der Waals surface area contributed by atoms with Crippen LogP contribution in [0.2, 0.25) is 0 Å². The number of nitrogens with zero attached hydrogens (tertiary/aromatic N) is 2. The van der Waals surface area contributed by atoms with E-state index in [1.165, 1.54) is 0 Å². The first kappa shape index (κ1) is 15.1. The van der Waals surface area contributed by atoms with Crippen molar-refractivity contribution in [1.82, 2.24) is 15.3 Å². The van der Waals surface area contributed by atoms with Gasteiger partial charge in [-0.2, -0.15) is 0 Å². The molecule has 2 aromatic heterocycles. The largest absolute Gasteiger partial charge is 0.365 e. The minimum Gasteiger partial charge on any atom is -0.365 e. The molecule has 3 aromatic rings. The molecule has 5 nitrogen and oxygen atoms in total. The van der Waals surface area contributed by atoms with Gasteiger partial charge in [-0.25, -0.2) is 9.97 Å². The van der Waals surface area contributed by atoms with E-state index >= 15 is 0 Å². The third-order valence-corrected chi connectivity index (χ3v) is 5.11. The van der Waals surface area contributed by atoms with Crippen molar-refractivity contribution in [2.24, 2.45) is 0 Å². The third kappa shape index (κ3) is 2.85. The Morgan fingerprint density at radius 3 is 2.83 bits per heavy atom. The third-order valence-electron chi connectivity index (χ3n) is 4.24. The standard InChI is InChI=1S/C18H18N4OS/c1-11-20-17(22-13-7-8-15(23)19-9-13)16-14(10-24-18(16)21-11)12-5-3-2-4-6-12/h2-6,10,13H,7-9H2,1H3,(H,19,23)(H,20,21,22). The second-order valence-electron chi connectivity index (χ2n) is 6.00. The number of benzene rings is 1. The zero-order valence-corrected chi connectivity index (χ0v) is 14.2. The maximum absolute atomic E-state index is 11.4. The Morgan fingerprint density at radius 2 is 2.08 bits per heavy atom. The Hall–Kier alpha value is -2.47. The van der Waals surface area contributed by atoms with Crippen molar-refractivity contribution < 1.29 is 4.79 Å². The molecule has 24 heavy (non-hydrogen) atoms. The van der Waals surface area contributed by atoms with Crippen molar-refractivity contribution >= 4 is 33.3 Å². The molecule has 1 atom stereocenters. The van der Waals surface area contributed by atoms with Crippen LogP contribution in [0, 0.1) is 6.92 Å². The summed E-state index contributed by atoms with van der Waals surface area (Å²) in [5, 5.41) is 9.64. The summed E-state index contributed by atoms with van der Waals surface area (Å²) in [5.74, 6) is 1.74. The summed E-state index contributed by atoms with van der Waals surface area (Å²) < 4.78 is 0. The minimum atomic E-state index is 0.123. The van der Waals surface area contributed by atoms with Crippen molar-refractivity contribution in [3.05, 3.63) is 41.5 Å². The normalized spacial score (nSPS) is 17.7. The summed E-state index contributed by atoms with van der Waals surface area (Å²) in [6, 6.07) is 10.5. The van der Waals surface area contributed by atoms with Crippen LogP contribution < -0.4 is 10.6 Å². The number of thiophene rings is 1. The van der Waals surface area contributed by atoms with Crippen LogP contribution in [0.15, 0.2) is 35.7 Å². The number of anilines is 1. The highest BCUT2D eigenvalue weighted by atomic mass is 32.1. The van der Waals surface area contributed by atoms with E-state index in [2.05, 4.69) is 38.1 Å². The van der Waals surface area contributed by atoms with E-state index in [0.29, 0.717) is 13.0 Å². The van der Waals surface area contributed by atoms with Crippen LogP contribution >= 0.6 is 11.3 Å². The van der Waals surface area contributed by atoms with Crippen molar-refractivity contribution in [3.63, 3.8) is 0 Å². The van der Waals surface area contributed by atoms with Crippen molar-refractivity contribution in [2.75, 3.05) is 11.9 Å². The molecule has 1 fully saturated rings. The van der Waals surface area contributed by atoms with Gasteiger partial charge < -0.3 is 10.6 Å². The summed E-state index contributed by atoms with van der Waals surface area (Å²) in [7, 11) is 0. The minimum absolute atomic E-state index is 0.123. The van der Waals surface area contributed by atoms with E-state index in [0.717, 1.165) is 39.4 Å². The topological polar surface area (TPSA) is 66.9 Å². The lowest BCUT2D eigenvalue weighted by Gasteiger charge is -2.24. The van der Waals surface area contributed by atoms with Gasteiger partial charge in [-0.15, -0.1) is 11.3 Å². The van der Waals surface area contributed by atoms with Crippen LogP contribution in [0.4, 0.5) is 5.82 Å². The Bertz CT molecular complexity index is 881. The predicted molar refractivity (Wildman–Crippen MR) is 97.2 cm³/mol. The molecule has 1 saturated heterocycles. The van der Waals surface area contributed by atoms with Crippen LogP contribution in [-0.2, 0) is 4.79 Å². The number of aromatic nitrogens is 2. The van der Waals surface area contributed by atoms with E-state index < -0.39 is 0 Å². The number of amides is 1. The van der Waals surface area contributed by atoms with Crippen molar-refractivity contribution in [2.45, 2.75) is 25.8 Å². The number of piperidine rings is 1. The number of carbonyl (C=O) groups is 1. The van der Waals surface area contributed by atoms with Gasteiger partial charge >= 0.3 is 0 Å². The molecular weight excluding hydrogens is 320 g/mol. The van der Waals surface area contributed by atoms with Crippen LogP contribution in [0.5, 0.6) is 0 Å². The lowest BCUT2D eigenvalue weighted by molar-refractivity contribution is -0.122. The van der Waals surface area contributed by atoms with Crippen LogP contribution in [0.1, 0.15) is 18.7 Å². The van der Waals surface area contributed by atoms with E-state index in [4.69, 9.17) is 0 Å². The fourth-order valence-electron chi connectivity index (χ4n) is 3.03. The molecule has 1 amide bonds. The Kier molecular flexibility index (Phi) is 3.90. The zero-order valence-electron chi connectivity index (χ0n) is 13.4. The Morgan fingerprint density at radius 1 is 1.25 bits per heavy atom. The highest BCUT2D eigenvalue weighted by molar-refractivity contribution is 7.17. The quantitative estimate of drug-likeness (QED) is 0.768. The summed E-state index contributed by atoms with van der Waals surface area (Å²) in [4.78, 5) is 21.6. The summed E-state index contributed by atoms with van der Waals surface area (Å²) >= 11 is 1.64. The average molecular weight is 338 g/mol. The summed E-state index contributed by atoms with van der Waals surface area (Å²) in [5.41, 5.74) is 2.31. The number of hydrogen-bond acceptors (Lipinski definition) is 5. The molecule has 1 unspecified atom stereocenters. The second kappa shape index (κ2) is 6.20. The van der Waals surface area contributed by atoms with Crippen LogP contribution in [-0.4, -0.2) is 28.5 Å². The van der Waals surface area contributed by atoms with Gasteiger partial charge in [-0.05, 0) is 18.9 Å². The predicted octanol–water partition coefficient (Wildman–Crippen LogP) is 3.36. The number of hydrogen-bond donors (Lipinski definition) is 2. The van der Waals surface area contributed by atoms with Crippen LogP contribution in [0.25, 0.3) is 21.3 Å². The average Bonchev–Trinajstić information content (AvgIpc) is 3.01. The van der Waals surface area contributed by atoms with Gasteiger partial charge in [0.05, 0.1) is 5.39 Å². The first-order valence-electron chi connectivity index (χ1n) is 8.05. The van der Waals surface area contributed by atoms with Gasteiger partial charge in [0, 0.05) is 30.0 Å². The Balaban J connectivity index is 1.76. The number of fused-ring (bicyclic) bond motifs is 1. The molecule has 1 aliphatic rings. The molecule has 0 saturated carbocycles. The molecular formula is C18H18N4OS. The molecule has 2 N–H and O–H groups in total. The number of aryl methyl sites for hydroxylation is 1. The number of nitrogens with one attached hydrogen (secondary N) is 2. The van der Waals surface area contributed by atoms with Crippen LogP contribution in [0.3, 0.4) is 0 Å². The van der Waals surface area contributed by atoms with Gasteiger partial charge in [0.1, 0.15) is 16.5 Å². The highest BCUT2D eigenvalue weighted by Gasteiger charge is 2.21. The molecule has 1 aliphatic heterocycles.